The van der Waals surface area contributed by atoms with E-state index in [-0.39, 0.29) is 11.4 Å². The largest absolute Gasteiger partial charge is 0.379 e. The summed E-state index contributed by atoms with van der Waals surface area (Å²) < 4.78 is 1.90. The molecule has 16 heavy (non-hydrogen) atoms. The highest BCUT2D eigenvalue weighted by molar-refractivity contribution is 5.30. The standard InChI is InChI=1S/C12H17N3O/c13-11-12(16)15(7-8-5-6-8)10-4-2-1-3-9(10)14-11/h8H,1-7H2,(H2,13,14). The zero-order chi connectivity index (χ0) is 11.1. The van der Waals surface area contributed by atoms with Crippen molar-refractivity contribution in [3.63, 3.8) is 0 Å². The van der Waals surface area contributed by atoms with Crippen LogP contribution in [0, 0.1) is 5.92 Å². The van der Waals surface area contributed by atoms with E-state index in [2.05, 4.69) is 4.98 Å². The summed E-state index contributed by atoms with van der Waals surface area (Å²) in [4.78, 5) is 16.2. The average Bonchev–Trinajstić information content (AvgIpc) is 3.08. The maximum atomic E-state index is 12.0. The van der Waals surface area contributed by atoms with Crippen LogP contribution in [-0.2, 0) is 19.4 Å². The third kappa shape index (κ3) is 1.62. The number of fused-ring (bicyclic) bond motifs is 1. The fraction of sp³-hybridized carbons (Fsp3) is 0.667. The topological polar surface area (TPSA) is 60.9 Å². The van der Waals surface area contributed by atoms with Crippen LogP contribution < -0.4 is 11.3 Å². The van der Waals surface area contributed by atoms with Gasteiger partial charge in [-0.1, -0.05) is 0 Å². The quantitative estimate of drug-likeness (QED) is 0.810. The summed E-state index contributed by atoms with van der Waals surface area (Å²) in [6, 6.07) is 0. The van der Waals surface area contributed by atoms with Crippen LogP contribution in [0.25, 0.3) is 0 Å². The van der Waals surface area contributed by atoms with E-state index in [0.717, 1.165) is 30.8 Å². The van der Waals surface area contributed by atoms with Crippen molar-refractivity contribution in [3.05, 3.63) is 21.7 Å². The summed E-state index contributed by atoms with van der Waals surface area (Å²) in [6.07, 6.45) is 6.81. The van der Waals surface area contributed by atoms with E-state index in [0.29, 0.717) is 5.92 Å². The SMILES string of the molecule is Nc1nc2c(n(CC3CC3)c1=O)CCCC2. The Labute approximate surface area is 94.5 Å². The van der Waals surface area contributed by atoms with Gasteiger partial charge in [0.15, 0.2) is 5.82 Å². The number of nitrogens with two attached hydrogens (primary N) is 1. The van der Waals surface area contributed by atoms with Crippen LogP contribution in [0.3, 0.4) is 0 Å². The Morgan fingerprint density at radius 1 is 1.31 bits per heavy atom. The molecule has 2 N–H and O–H groups in total. The molecule has 0 amide bonds. The molecular weight excluding hydrogens is 202 g/mol. The predicted octanol–water partition coefficient (Wildman–Crippen LogP) is 1.11. The minimum Gasteiger partial charge on any atom is -0.379 e. The van der Waals surface area contributed by atoms with Crippen molar-refractivity contribution >= 4 is 5.82 Å². The highest BCUT2D eigenvalue weighted by Gasteiger charge is 2.25. The van der Waals surface area contributed by atoms with Gasteiger partial charge in [0, 0.05) is 12.2 Å². The predicted molar refractivity (Wildman–Crippen MR) is 62.3 cm³/mol. The van der Waals surface area contributed by atoms with E-state index in [9.17, 15) is 4.79 Å². The van der Waals surface area contributed by atoms with Gasteiger partial charge in [-0.2, -0.15) is 0 Å². The lowest BCUT2D eigenvalue weighted by Gasteiger charge is -2.20. The molecule has 0 bridgehead atoms. The van der Waals surface area contributed by atoms with Crippen LogP contribution in [0.5, 0.6) is 0 Å². The number of hydrogen-bond donors (Lipinski definition) is 1. The second-order valence-corrected chi connectivity index (χ2v) is 4.96. The summed E-state index contributed by atoms with van der Waals surface area (Å²) in [5, 5.41) is 0. The summed E-state index contributed by atoms with van der Waals surface area (Å²) in [5.74, 6) is 0.881. The van der Waals surface area contributed by atoms with Gasteiger partial charge < -0.3 is 10.3 Å². The van der Waals surface area contributed by atoms with Crippen molar-refractivity contribution in [2.24, 2.45) is 5.92 Å². The van der Waals surface area contributed by atoms with E-state index < -0.39 is 0 Å². The minimum atomic E-state index is -0.0763. The monoisotopic (exact) mass is 219 g/mol. The smallest absolute Gasteiger partial charge is 0.293 e. The van der Waals surface area contributed by atoms with Gasteiger partial charge in [-0.15, -0.1) is 0 Å². The molecule has 0 aromatic carbocycles. The van der Waals surface area contributed by atoms with Crippen LogP contribution in [0.4, 0.5) is 5.82 Å². The third-order valence-corrected chi connectivity index (χ3v) is 3.59. The molecule has 0 saturated heterocycles. The molecule has 1 saturated carbocycles. The van der Waals surface area contributed by atoms with Gasteiger partial charge in [-0.05, 0) is 44.4 Å². The van der Waals surface area contributed by atoms with Crippen molar-refractivity contribution < 1.29 is 0 Å². The second kappa shape index (κ2) is 3.61. The van der Waals surface area contributed by atoms with Gasteiger partial charge in [0.25, 0.3) is 5.56 Å². The first-order valence-electron chi connectivity index (χ1n) is 6.14. The molecule has 1 heterocycles. The summed E-state index contributed by atoms with van der Waals surface area (Å²) in [6.45, 7) is 0.855. The Hall–Kier alpha value is -1.32. The zero-order valence-corrected chi connectivity index (χ0v) is 9.41. The van der Waals surface area contributed by atoms with Crippen LogP contribution in [0.1, 0.15) is 37.1 Å². The van der Waals surface area contributed by atoms with E-state index in [1.165, 1.54) is 25.7 Å². The maximum Gasteiger partial charge on any atom is 0.293 e. The van der Waals surface area contributed by atoms with Crippen molar-refractivity contribution in [1.82, 2.24) is 9.55 Å². The van der Waals surface area contributed by atoms with Crippen molar-refractivity contribution in [1.29, 1.82) is 0 Å². The van der Waals surface area contributed by atoms with Crippen LogP contribution in [0.15, 0.2) is 4.79 Å². The highest BCUT2D eigenvalue weighted by Crippen LogP contribution is 2.31. The molecule has 3 rings (SSSR count). The number of aromatic nitrogens is 2. The lowest BCUT2D eigenvalue weighted by Crippen LogP contribution is -2.31. The van der Waals surface area contributed by atoms with Gasteiger partial charge in [0.1, 0.15) is 0 Å². The van der Waals surface area contributed by atoms with E-state index in [1.807, 2.05) is 4.57 Å². The fourth-order valence-electron chi connectivity index (χ4n) is 2.49. The van der Waals surface area contributed by atoms with Gasteiger partial charge in [-0.3, -0.25) is 4.79 Å². The number of nitrogens with zero attached hydrogens (tertiary/aromatic N) is 2. The van der Waals surface area contributed by atoms with Gasteiger partial charge in [0.05, 0.1) is 5.69 Å². The first-order valence-corrected chi connectivity index (χ1v) is 6.14. The molecule has 0 radical (unpaired) electrons. The third-order valence-electron chi connectivity index (χ3n) is 3.59. The Morgan fingerprint density at radius 2 is 2.06 bits per heavy atom. The Bertz CT molecular complexity index is 474. The Balaban J connectivity index is 2.10. The summed E-state index contributed by atoms with van der Waals surface area (Å²) >= 11 is 0. The number of anilines is 1. The normalized spacial score (nSPS) is 19.5. The first kappa shape index (κ1) is 9.87. The van der Waals surface area contributed by atoms with Crippen molar-refractivity contribution in [3.8, 4) is 0 Å². The molecule has 2 aliphatic carbocycles. The van der Waals surface area contributed by atoms with Gasteiger partial charge in [-0.25, -0.2) is 4.98 Å². The van der Waals surface area contributed by atoms with E-state index in [4.69, 9.17) is 5.73 Å². The molecule has 4 nitrogen and oxygen atoms in total. The van der Waals surface area contributed by atoms with E-state index in [1.54, 1.807) is 0 Å². The fourth-order valence-corrected chi connectivity index (χ4v) is 2.49. The van der Waals surface area contributed by atoms with Crippen molar-refractivity contribution in [2.75, 3.05) is 5.73 Å². The van der Waals surface area contributed by atoms with Crippen molar-refractivity contribution in [2.45, 2.75) is 45.1 Å². The van der Waals surface area contributed by atoms with Crippen LogP contribution in [-0.4, -0.2) is 9.55 Å². The summed E-state index contributed by atoms with van der Waals surface area (Å²) in [5.41, 5.74) is 7.83. The molecule has 4 heteroatoms. The molecule has 0 atom stereocenters. The minimum absolute atomic E-state index is 0.0763. The summed E-state index contributed by atoms with van der Waals surface area (Å²) in [7, 11) is 0. The molecule has 0 aliphatic heterocycles. The number of rotatable bonds is 2. The number of aryl methyl sites for hydroxylation is 1. The zero-order valence-electron chi connectivity index (χ0n) is 9.41. The molecule has 1 fully saturated rings. The van der Waals surface area contributed by atoms with E-state index >= 15 is 0 Å². The number of hydrogen-bond acceptors (Lipinski definition) is 3. The maximum absolute atomic E-state index is 12.0. The molecule has 86 valence electrons. The second-order valence-electron chi connectivity index (χ2n) is 4.96. The highest BCUT2D eigenvalue weighted by atomic mass is 16.1. The molecule has 0 unspecified atom stereocenters. The number of nitrogen functional groups attached to an aromatic ring is 1. The average molecular weight is 219 g/mol. The van der Waals surface area contributed by atoms with Gasteiger partial charge >= 0.3 is 0 Å². The molecular formula is C12H17N3O. The molecule has 0 spiro atoms. The van der Waals surface area contributed by atoms with Gasteiger partial charge in [0.2, 0.25) is 0 Å². The molecule has 2 aliphatic rings. The first-order chi connectivity index (χ1) is 7.75. The Kier molecular flexibility index (Phi) is 2.23. The lowest BCUT2D eigenvalue weighted by molar-refractivity contribution is 0.533. The Morgan fingerprint density at radius 3 is 2.81 bits per heavy atom. The van der Waals surface area contributed by atoms with Crippen LogP contribution >= 0.6 is 0 Å². The van der Waals surface area contributed by atoms with Crippen LogP contribution in [0.2, 0.25) is 0 Å². The molecule has 1 aromatic heterocycles. The lowest BCUT2D eigenvalue weighted by atomic mass is 10.00. The molecule has 1 aromatic rings.